The minimum Gasteiger partial charge on any atom is -0.452 e. The number of carbonyl (C=O) groups excluding carboxylic acids is 1. The van der Waals surface area contributed by atoms with Crippen molar-refractivity contribution < 1.29 is 14.6 Å². The standard InChI is InChI=1S/C22H32O3/c1-6-17(2)11-9-12-19(4)16-18(3)10-7-8-13-20-22(5,24)15-14-21(23)25-20/h7-15,17-18,20,24H,6,16H2,1-5H3. The average Bonchev–Trinajstić information content (AvgIpc) is 2.54. The van der Waals surface area contributed by atoms with Gasteiger partial charge in [-0.05, 0) is 44.3 Å². The molecular formula is C22H32O3. The fraction of sp³-hybridized carbons (Fsp3) is 0.500. The molecule has 0 fully saturated rings. The summed E-state index contributed by atoms with van der Waals surface area (Å²) in [5.41, 5.74) is 0.181. The molecule has 0 aromatic heterocycles. The Bertz CT molecular complexity index is 576. The number of cyclic esters (lactones) is 1. The molecule has 0 radical (unpaired) electrons. The van der Waals surface area contributed by atoms with Crippen LogP contribution in [-0.2, 0) is 9.53 Å². The van der Waals surface area contributed by atoms with E-state index in [4.69, 9.17) is 4.74 Å². The molecule has 4 unspecified atom stereocenters. The van der Waals surface area contributed by atoms with Gasteiger partial charge in [0.15, 0.2) is 6.10 Å². The Balaban J connectivity index is 2.50. The van der Waals surface area contributed by atoms with Crippen molar-refractivity contribution in [3.8, 4) is 0 Å². The average molecular weight is 344 g/mol. The molecule has 0 saturated carbocycles. The Morgan fingerprint density at radius 2 is 1.96 bits per heavy atom. The van der Waals surface area contributed by atoms with Crippen molar-refractivity contribution in [2.24, 2.45) is 11.8 Å². The van der Waals surface area contributed by atoms with Gasteiger partial charge in [-0.25, -0.2) is 4.79 Å². The molecule has 4 atom stereocenters. The molecule has 0 saturated heterocycles. The van der Waals surface area contributed by atoms with Crippen LogP contribution in [0.25, 0.3) is 0 Å². The molecule has 0 amide bonds. The van der Waals surface area contributed by atoms with Crippen molar-refractivity contribution in [3.05, 3.63) is 60.3 Å². The molecule has 0 spiro atoms. The molecule has 0 aliphatic carbocycles. The van der Waals surface area contributed by atoms with Crippen molar-refractivity contribution in [2.75, 3.05) is 0 Å². The second-order valence-electron chi connectivity index (χ2n) is 7.15. The van der Waals surface area contributed by atoms with Crippen molar-refractivity contribution in [1.29, 1.82) is 0 Å². The Morgan fingerprint density at radius 1 is 1.28 bits per heavy atom. The molecule has 3 heteroatoms. The van der Waals surface area contributed by atoms with Crippen molar-refractivity contribution >= 4 is 5.97 Å². The topological polar surface area (TPSA) is 46.5 Å². The van der Waals surface area contributed by atoms with E-state index in [1.165, 1.54) is 17.7 Å². The lowest BCUT2D eigenvalue weighted by Crippen LogP contribution is -2.42. The van der Waals surface area contributed by atoms with Crippen LogP contribution in [0, 0.1) is 11.8 Å². The number of allylic oxidation sites excluding steroid dienone is 7. The zero-order valence-electron chi connectivity index (χ0n) is 16.1. The second-order valence-corrected chi connectivity index (χ2v) is 7.15. The van der Waals surface area contributed by atoms with Gasteiger partial charge in [-0.15, -0.1) is 0 Å². The van der Waals surface area contributed by atoms with Gasteiger partial charge in [0.1, 0.15) is 5.60 Å². The zero-order valence-corrected chi connectivity index (χ0v) is 16.1. The molecule has 25 heavy (non-hydrogen) atoms. The fourth-order valence-electron chi connectivity index (χ4n) is 2.46. The van der Waals surface area contributed by atoms with Gasteiger partial charge >= 0.3 is 5.97 Å². The lowest BCUT2D eigenvalue weighted by molar-refractivity contribution is -0.151. The number of hydrogen-bond acceptors (Lipinski definition) is 3. The summed E-state index contributed by atoms with van der Waals surface area (Å²) in [6.45, 7) is 10.3. The van der Waals surface area contributed by atoms with Gasteiger partial charge < -0.3 is 9.84 Å². The predicted octanol–water partition coefficient (Wildman–Crippen LogP) is 4.91. The van der Waals surface area contributed by atoms with E-state index in [1.54, 1.807) is 13.0 Å². The molecule has 1 N–H and O–H groups in total. The summed E-state index contributed by atoms with van der Waals surface area (Å²) in [7, 11) is 0. The van der Waals surface area contributed by atoms with Crippen LogP contribution in [0.5, 0.6) is 0 Å². The highest BCUT2D eigenvalue weighted by atomic mass is 16.6. The third-order valence-electron chi connectivity index (χ3n) is 4.32. The lowest BCUT2D eigenvalue weighted by Gasteiger charge is -2.30. The van der Waals surface area contributed by atoms with Crippen LogP contribution in [0.1, 0.15) is 47.5 Å². The number of carbonyl (C=O) groups is 1. The van der Waals surface area contributed by atoms with Crippen LogP contribution >= 0.6 is 0 Å². The highest BCUT2D eigenvalue weighted by Gasteiger charge is 2.33. The van der Waals surface area contributed by atoms with Gasteiger partial charge in [0.05, 0.1) is 0 Å². The first-order valence-corrected chi connectivity index (χ1v) is 9.05. The third-order valence-corrected chi connectivity index (χ3v) is 4.32. The van der Waals surface area contributed by atoms with Gasteiger partial charge in [0, 0.05) is 6.08 Å². The van der Waals surface area contributed by atoms with Crippen LogP contribution in [0.2, 0.25) is 0 Å². The second kappa shape index (κ2) is 10.2. The van der Waals surface area contributed by atoms with Gasteiger partial charge in [-0.1, -0.05) is 69.2 Å². The van der Waals surface area contributed by atoms with E-state index in [2.05, 4.69) is 52.0 Å². The number of rotatable bonds is 8. The molecule has 1 aliphatic heterocycles. The van der Waals surface area contributed by atoms with Crippen molar-refractivity contribution in [2.45, 2.75) is 59.2 Å². The maximum absolute atomic E-state index is 11.3. The largest absolute Gasteiger partial charge is 0.452 e. The Morgan fingerprint density at radius 3 is 2.64 bits per heavy atom. The Labute approximate surface area is 152 Å². The number of ether oxygens (including phenoxy) is 1. The maximum atomic E-state index is 11.3. The van der Waals surface area contributed by atoms with Gasteiger partial charge in [0.25, 0.3) is 0 Å². The summed E-state index contributed by atoms with van der Waals surface area (Å²) in [6, 6.07) is 0. The summed E-state index contributed by atoms with van der Waals surface area (Å²) < 4.78 is 5.13. The summed E-state index contributed by atoms with van der Waals surface area (Å²) in [6.07, 6.45) is 18.4. The predicted molar refractivity (Wildman–Crippen MR) is 104 cm³/mol. The van der Waals surface area contributed by atoms with Gasteiger partial charge in [-0.3, -0.25) is 0 Å². The van der Waals surface area contributed by atoms with E-state index in [0.29, 0.717) is 11.8 Å². The molecule has 0 aromatic carbocycles. The lowest BCUT2D eigenvalue weighted by atomic mass is 9.96. The number of aliphatic hydroxyl groups is 1. The molecule has 3 nitrogen and oxygen atoms in total. The normalized spacial score (nSPS) is 27.4. The third kappa shape index (κ3) is 8.17. The Hall–Kier alpha value is -1.87. The van der Waals surface area contributed by atoms with E-state index in [9.17, 15) is 9.90 Å². The molecule has 138 valence electrons. The van der Waals surface area contributed by atoms with E-state index in [0.717, 1.165) is 12.8 Å². The first-order chi connectivity index (χ1) is 11.7. The van der Waals surface area contributed by atoms with Crippen molar-refractivity contribution in [1.82, 2.24) is 0 Å². The summed E-state index contributed by atoms with van der Waals surface area (Å²) >= 11 is 0. The fourth-order valence-corrected chi connectivity index (χ4v) is 2.46. The maximum Gasteiger partial charge on any atom is 0.331 e. The molecule has 1 aliphatic rings. The van der Waals surface area contributed by atoms with Gasteiger partial charge in [0.2, 0.25) is 0 Å². The molecule has 0 bridgehead atoms. The number of esters is 1. The highest BCUT2D eigenvalue weighted by Crippen LogP contribution is 2.21. The smallest absolute Gasteiger partial charge is 0.331 e. The van der Waals surface area contributed by atoms with Crippen molar-refractivity contribution in [3.63, 3.8) is 0 Å². The molecule has 1 heterocycles. The summed E-state index contributed by atoms with van der Waals surface area (Å²) in [5, 5.41) is 10.2. The van der Waals surface area contributed by atoms with E-state index >= 15 is 0 Å². The summed E-state index contributed by atoms with van der Waals surface area (Å²) in [4.78, 5) is 11.3. The summed E-state index contributed by atoms with van der Waals surface area (Å²) in [5.74, 6) is 0.601. The van der Waals surface area contributed by atoms with E-state index in [1.807, 2.05) is 12.2 Å². The quantitative estimate of drug-likeness (QED) is 0.503. The van der Waals surface area contributed by atoms with E-state index < -0.39 is 17.7 Å². The first kappa shape index (κ1) is 21.2. The highest BCUT2D eigenvalue weighted by molar-refractivity contribution is 5.83. The van der Waals surface area contributed by atoms with Gasteiger partial charge in [-0.2, -0.15) is 0 Å². The van der Waals surface area contributed by atoms with Crippen LogP contribution in [0.3, 0.4) is 0 Å². The molecule has 1 rings (SSSR count). The van der Waals surface area contributed by atoms with Crippen LogP contribution in [-0.4, -0.2) is 22.8 Å². The first-order valence-electron chi connectivity index (χ1n) is 9.05. The van der Waals surface area contributed by atoms with Crippen LogP contribution in [0.4, 0.5) is 0 Å². The molecule has 0 aromatic rings. The van der Waals surface area contributed by atoms with Crippen LogP contribution in [0.15, 0.2) is 60.3 Å². The van der Waals surface area contributed by atoms with Crippen LogP contribution < -0.4 is 0 Å². The minimum absolute atomic E-state index is 0.409. The number of hydrogen-bond donors (Lipinski definition) is 1. The van der Waals surface area contributed by atoms with E-state index in [-0.39, 0.29) is 0 Å². The molecular weight excluding hydrogens is 312 g/mol. The zero-order chi connectivity index (χ0) is 18.9. The monoisotopic (exact) mass is 344 g/mol. The SMILES string of the molecule is CCC(C)C=CC=C(C)CC(C)C=CC=CC1OC(=O)C=CC1(C)O. The Kier molecular flexibility index (Phi) is 8.64. The minimum atomic E-state index is -1.16.